The van der Waals surface area contributed by atoms with Gasteiger partial charge in [-0.15, -0.1) is 0 Å². The molecule has 1 aliphatic rings. The van der Waals surface area contributed by atoms with Gasteiger partial charge in [-0.3, -0.25) is 0 Å². The van der Waals surface area contributed by atoms with E-state index in [1.165, 1.54) is 12.1 Å². The summed E-state index contributed by atoms with van der Waals surface area (Å²) < 4.78 is 27.3. The number of hydrogen-bond acceptors (Lipinski definition) is 3. The van der Waals surface area contributed by atoms with Gasteiger partial charge in [0.2, 0.25) is 0 Å². The molecule has 2 aromatic rings. The Labute approximate surface area is 117 Å². The quantitative estimate of drug-likeness (QED) is 0.862. The van der Waals surface area contributed by atoms with E-state index in [4.69, 9.17) is 0 Å². The average molecular weight is 326 g/mol. The Morgan fingerprint density at radius 1 is 1.21 bits per heavy atom. The summed E-state index contributed by atoms with van der Waals surface area (Å²) in [4.78, 5) is 8.60. The first-order chi connectivity index (χ1) is 9.13. The molecular formula is C13H10BrF2N3. The van der Waals surface area contributed by atoms with E-state index in [9.17, 15) is 8.78 Å². The van der Waals surface area contributed by atoms with Gasteiger partial charge in [-0.25, -0.2) is 18.7 Å². The Balaban J connectivity index is 1.92. The highest BCUT2D eigenvalue weighted by molar-refractivity contribution is 9.10. The van der Waals surface area contributed by atoms with Gasteiger partial charge in [0.25, 0.3) is 0 Å². The monoisotopic (exact) mass is 325 g/mol. The zero-order valence-corrected chi connectivity index (χ0v) is 11.4. The third kappa shape index (κ3) is 2.73. The van der Waals surface area contributed by atoms with E-state index in [1.807, 2.05) is 0 Å². The fourth-order valence-electron chi connectivity index (χ4n) is 1.76. The Bertz CT molecular complexity index is 629. The number of aromatic nitrogens is 2. The molecule has 0 atom stereocenters. The van der Waals surface area contributed by atoms with Crippen molar-refractivity contribution in [1.82, 2.24) is 9.97 Å². The van der Waals surface area contributed by atoms with Gasteiger partial charge in [0, 0.05) is 12.0 Å². The number of anilines is 2. The molecule has 1 aromatic carbocycles. The molecule has 6 heteroatoms. The van der Waals surface area contributed by atoms with Crippen LogP contribution in [0.1, 0.15) is 24.6 Å². The van der Waals surface area contributed by atoms with E-state index in [2.05, 4.69) is 31.2 Å². The molecule has 0 unspecified atom stereocenters. The number of rotatable bonds is 3. The predicted molar refractivity (Wildman–Crippen MR) is 71.3 cm³/mol. The standard InChI is InChI=1S/C13H10BrF2N3/c14-10-6-11(19-13(18-10)7-4-5-7)17-9-3-1-2-8(15)12(9)16/h1-3,6-7H,4-5H2,(H,17,18,19). The Kier molecular flexibility index (Phi) is 3.18. The van der Waals surface area contributed by atoms with E-state index >= 15 is 0 Å². The van der Waals surface area contributed by atoms with Gasteiger partial charge in [-0.1, -0.05) is 6.07 Å². The fraction of sp³-hybridized carbons (Fsp3) is 0.231. The Morgan fingerprint density at radius 2 is 2.00 bits per heavy atom. The van der Waals surface area contributed by atoms with Crippen LogP contribution in [0.4, 0.5) is 20.3 Å². The number of benzene rings is 1. The molecule has 0 amide bonds. The van der Waals surface area contributed by atoms with Crippen LogP contribution in [0.5, 0.6) is 0 Å². The number of hydrogen-bond donors (Lipinski definition) is 1. The molecule has 1 fully saturated rings. The average Bonchev–Trinajstić information content (AvgIpc) is 3.18. The van der Waals surface area contributed by atoms with Crippen LogP contribution in [0, 0.1) is 11.6 Å². The lowest BCUT2D eigenvalue weighted by atomic mass is 10.3. The molecule has 1 N–H and O–H groups in total. The van der Waals surface area contributed by atoms with Crippen LogP contribution >= 0.6 is 15.9 Å². The summed E-state index contributed by atoms with van der Waals surface area (Å²) in [6, 6.07) is 5.62. The van der Waals surface area contributed by atoms with Crippen LogP contribution in [0.15, 0.2) is 28.9 Å². The first-order valence-electron chi connectivity index (χ1n) is 5.89. The molecule has 1 aromatic heterocycles. The third-order valence-electron chi connectivity index (χ3n) is 2.87. The van der Waals surface area contributed by atoms with E-state index in [1.54, 1.807) is 6.07 Å². The van der Waals surface area contributed by atoms with E-state index in [0.29, 0.717) is 16.3 Å². The summed E-state index contributed by atoms with van der Waals surface area (Å²) in [5.41, 5.74) is 0.0624. The molecule has 0 bridgehead atoms. The van der Waals surface area contributed by atoms with Crippen molar-refractivity contribution in [2.75, 3.05) is 5.32 Å². The van der Waals surface area contributed by atoms with Crippen molar-refractivity contribution >= 4 is 27.4 Å². The van der Waals surface area contributed by atoms with E-state index in [-0.39, 0.29) is 5.69 Å². The molecule has 0 radical (unpaired) electrons. The maximum absolute atomic E-state index is 13.6. The second-order valence-corrected chi connectivity index (χ2v) is 5.25. The molecule has 98 valence electrons. The van der Waals surface area contributed by atoms with Crippen LogP contribution in [0.25, 0.3) is 0 Å². The smallest absolute Gasteiger partial charge is 0.182 e. The molecular weight excluding hydrogens is 316 g/mol. The van der Waals surface area contributed by atoms with Gasteiger partial charge in [-0.2, -0.15) is 0 Å². The second-order valence-electron chi connectivity index (χ2n) is 4.43. The van der Waals surface area contributed by atoms with Crippen molar-refractivity contribution < 1.29 is 8.78 Å². The first-order valence-corrected chi connectivity index (χ1v) is 6.68. The fourth-order valence-corrected chi connectivity index (χ4v) is 2.16. The summed E-state index contributed by atoms with van der Waals surface area (Å²) >= 11 is 3.30. The molecule has 0 aliphatic heterocycles. The molecule has 3 nitrogen and oxygen atoms in total. The van der Waals surface area contributed by atoms with Crippen molar-refractivity contribution in [2.24, 2.45) is 0 Å². The minimum atomic E-state index is -0.912. The molecule has 19 heavy (non-hydrogen) atoms. The van der Waals surface area contributed by atoms with E-state index < -0.39 is 11.6 Å². The topological polar surface area (TPSA) is 37.8 Å². The van der Waals surface area contributed by atoms with Crippen LogP contribution in [-0.4, -0.2) is 9.97 Å². The van der Waals surface area contributed by atoms with Crippen molar-refractivity contribution in [1.29, 1.82) is 0 Å². The highest BCUT2D eigenvalue weighted by Gasteiger charge is 2.27. The highest BCUT2D eigenvalue weighted by Crippen LogP contribution is 2.39. The molecule has 1 heterocycles. The lowest BCUT2D eigenvalue weighted by Gasteiger charge is -2.08. The number of nitrogens with zero attached hydrogens (tertiary/aromatic N) is 2. The van der Waals surface area contributed by atoms with Crippen LogP contribution < -0.4 is 5.32 Å². The molecule has 0 spiro atoms. The van der Waals surface area contributed by atoms with Crippen molar-refractivity contribution in [2.45, 2.75) is 18.8 Å². The third-order valence-corrected chi connectivity index (χ3v) is 3.28. The maximum Gasteiger partial charge on any atom is 0.182 e. The lowest BCUT2D eigenvalue weighted by molar-refractivity contribution is 0.511. The molecule has 1 saturated carbocycles. The van der Waals surface area contributed by atoms with Gasteiger partial charge in [0.1, 0.15) is 16.2 Å². The second kappa shape index (κ2) is 4.85. The lowest BCUT2D eigenvalue weighted by Crippen LogP contribution is -2.01. The first kappa shape index (κ1) is 12.5. The van der Waals surface area contributed by atoms with Gasteiger partial charge in [0.15, 0.2) is 11.6 Å². The zero-order valence-electron chi connectivity index (χ0n) is 9.83. The zero-order chi connectivity index (χ0) is 13.4. The van der Waals surface area contributed by atoms with E-state index in [0.717, 1.165) is 24.7 Å². The van der Waals surface area contributed by atoms with Crippen LogP contribution in [0.3, 0.4) is 0 Å². The number of nitrogens with one attached hydrogen (secondary N) is 1. The number of halogens is 3. The van der Waals surface area contributed by atoms with Gasteiger partial charge < -0.3 is 5.32 Å². The Hall–Kier alpha value is -1.56. The highest BCUT2D eigenvalue weighted by atomic mass is 79.9. The Morgan fingerprint density at radius 3 is 2.74 bits per heavy atom. The van der Waals surface area contributed by atoms with Crippen LogP contribution in [-0.2, 0) is 0 Å². The summed E-state index contributed by atoms with van der Waals surface area (Å²) in [5, 5.41) is 2.78. The maximum atomic E-state index is 13.6. The normalized spacial score (nSPS) is 14.5. The summed E-state index contributed by atoms with van der Waals surface area (Å²) in [6.07, 6.45) is 2.15. The van der Waals surface area contributed by atoms with Gasteiger partial charge >= 0.3 is 0 Å². The SMILES string of the molecule is Fc1cccc(Nc2cc(Br)nc(C3CC3)n2)c1F. The summed E-state index contributed by atoms with van der Waals surface area (Å²) in [7, 11) is 0. The molecule has 0 saturated heterocycles. The largest absolute Gasteiger partial charge is 0.338 e. The van der Waals surface area contributed by atoms with Crippen molar-refractivity contribution in [3.8, 4) is 0 Å². The predicted octanol–water partition coefficient (Wildman–Crippen LogP) is 4.14. The van der Waals surface area contributed by atoms with Crippen molar-refractivity contribution in [3.63, 3.8) is 0 Å². The van der Waals surface area contributed by atoms with Gasteiger partial charge in [-0.05, 0) is 40.9 Å². The minimum Gasteiger partial charge on any atom is -0.338 e. The minimum absolute atomic E-state index is 0.0624. The summed E-state index contributed by atoms with van der Waals surface area (Å²) in [6.45, 7) is 0. The molecule has 1 aliphatic carbocycles. The van der Waals surface area contributed by atoms with Crippen molar-refractivity contribution in [3.05, 3.63) is 46.3 Å². The van der Waals surface area contributed by atoms with Crippen LogP contribution in [0.2, 0.25) is 0 Å². The molecule has 3 rings (SSSR count). The van der Waals surface area contributed by atoms with Gasteiger partial charge in [0.05, 0.1) is 5.69 Å². The summed E-state index contributed by atoms with van der Waals surface area (Å²) in [5.74, 6) is -0.233.